The van der Waals surface area contributed by atoms with Crippen LogP contribution < -0.4 is 5.32 Å². The molecule has 2 rings (SSSR count). The number of rotatable bonds is 4. The van der Waals surface area contributed by atoms with E-state index in [4.69, 9.17) is 0 Å². The summed E-state index contributed by atoms with van der Waals surface area (Å²) < 4.78 is 2.06. The van der Waals surface area contributed by atoms with Gasteiger partial charge in [0.1, 0.15) is 5.69 Å². The van der Waals surface area contributed by atoms with Gasteiger partial charge in [-0.1, -0.05) is 6.92 Å². The normalized spacial score (nSPS) is 18.6. The fourth-order valence-corrected chi connectivity index (χ4v) is 2.66. The first-order chi connectivity index (χ1) is 9.09. The van der Waals surface area contributed by atoms with Gasteiger partial charge in [-0.25, -0.2) is 0 Å². The second-order valence-electron chi connectivity index (χ2n) is 5.69. The monoisotopic (exact) mass is 263 g/mol. The van der Waals surface area contributed by atoms with E-state index < -0.39 is 0 Å². The van der Waals surface area contributed by atoms with E-state index >= 15 is 0 Å². The molecular formula is C15H25N3O. The summed E-state index contributed by atoms with van der Waals surface area (Å²) in [5.41, 5.74) is 1.01. The molecule has 4 heteroatoms. The molecule has 1 aromatic rings. The number of aryl methyl sites for hydroxylation is 1. The van der Waals surface area contributed by atoms with Crippen LogP contribution in [-0.2, 0) is 6.54 Å². The van der Waals surface area contributed by atoms with Crippen molar-refractivity contribution in [3.05, 3.63) is 24.0 Å². The zero-order chi connectivity index (χ0) is 13.9. The number of carbonyl (C=O) groups excluding carboxylic acids is 1. The van der Waals surface area contributed by atoms with Crippen molar-refractivity contribution in [1.29, 1.82) is 0 Å². The van der Waals surface area contributed by atoms with Gasteiger partial charge in [-0.05, 0) is 45.4 Å². The highest BCUT2D eigenvalue weighted by molar-refractivity contribution is 5.92. The first-order valence-electron chi connectivity index (χ1n) is 7.23. The molecule has 1 fully saturated rings. The second-order valence-corrected chi connectivity index (χ2v) is 5.69. The average Bonchev–Trinajstić information content (AvgIpc) is 2.88. The lowest BCUT2D eigenvalue weighted by molar-refractivity contribution is 0.0651. The minimum absolute atomic E-state index is 0.177. The largest absolute Gasteiger partial charge is 0.344 e. The van der Waals surface area contributed by atoms with Crippen LogP contribution in [0.2, 0.25) is 0 Å². The number of likely N-dealkylation sites (tertiary alicyclic amines) is 1. The first-order valence-corrected chi connectivity index (χ1v) is 7.23. The smallest absolute Gasteiger partial charge is 0.270 e. The number of hydrogen-bond donors (Lipinski definition) is 1. The van der Waals surface area contributed by atoms with Crippen LogP contribution in [0.25, 0.3) is 0 Å². The van der Waals surface area contributed by atoms with Crippen molar-refractivity contribution in [2.24, 2.45) is 0 Å². The van der Waals surface area contributed by atoms with Crippen LogP contribution >= 0.6 is 0 Å². The van der Waals surface area contributed by atoms with Gasteiger partial charge in [-0.2, -0.15) is 0 Å². The highest BCUT2D eigenvalue weighted by Gasteiger charge is 2.31. The Hall–Kier alpha value is -1.29. The number of carbonyl (C=O) groups is 1. The molecule has 1 saturated heterocycles. The minimum Gasteiger partial charge on any atom is -0.344 e. The Labute approximate surface area is 115 Å². The van der Waals surface area contributed by atoms with E-state index in [0.717, 1.165) is 44.6 Å². The molecule has 0 aliphatic carbocycles. The molecule has 1 aromatic heterocycles. The maximum Gasteiger partial charge on any atom is 0.270 e. The van der Waals surface area contributed by atoms with Crippen molar-refractivity contribution >= 4 is 5.91 Å². The summed E-state index contributed by atoms with van der Waals surface area (Å²) in [5.74, 6) is 0.177. The van der Waals surface area contributed by atoms with Gasteiger partial charge < -0.3 is 14.8 Å². The Kier molecular flexibility index (Phi) is 4.30. The van der Waals surface area contributed by atoms with E-state index in [2.05, 4.69) is 23.7 Å². The minimum atomic E-state index is 0.177. The summed E-state index contributed by atoms with van der Waals surface area (Å²) in [4.78, 5) is 14.5. The molecule has 19 heavy (non-hydrogen) atoms. The van der Waals surface area contributed by atoms with Crippen LogP contribution in [0.4, 0.5) is 0 Å². The number of aromatic nitrogens is 1. The third-order valence-corrected chi connectivity index (χ3v) is 4.27. The van der Waals surface area contributed by atoms with Gasteiger partial charge in [0, 0.05) is 31.4 Å². The fourth-order valence-electron chi connectivity index (χ4n) is 2.66. The van der Waals surface area contributed by atoms with E-state index in [1.54, 1.807) is 0 Å². The standard InChI is InChI=1S/C15H25N3O/c1-4-9-17-10-5-6-13(17)14(19)18-11-7-15(2,16-3)8-12-18/h5-6,10,16H,4,7-9,11-12H2,1-3H3. The van der Waals surface area contributed by atoms with Crippen molar-refractivity contribution in [3.63, 3.8) is 0 Å². The van der Waals surface area contributed by atoms with E-state index in [9.17, 15) is 4.79 Å². The van der Waals surface area contributed by atoms with Gasteiger partial charge >= 0.3 is 0 Å². The van der Waals surface area contributed by atoms with Gasteiger partial charge in [-0.3, -0.25) is 4.79 Å². The predicted octanol–water partition coefficient (Wildman–Crippen LogP) is 2.11. The average molecular weight is 263 g/mol. The number of hydrogen-bond acceptors (Lipinski definition) is 2. The Morgan fingerprint density at radius 3 is 2.68 bits per heavy atom. The SMILES string of the molecule is CCCn1cccc1C(=O)N1CCC(C)(NC)CC1. The summed E-state index contributed by atoms with van der Waals surface area (Å²) in [6.07, 6.45) is 5.08. The molecule has 2 heterocycles. The summed E-state index contributed by atoms with van der Waals surface area (Å²) >= 11 is 0. The molecular weight excluding hydrogens is 238 g/mol. The van der Waals surface area contributed by atoms with Gasteiger partial charge in [-0.15, -0.1) is 0 Å². The molecule has 1 aliphatic heterocycles. The molecule has 0 bridgehead atoms. The molecule has 0 saturated carbocycles. The van der Waals surface area contributed by atoms with Crippen LogP contribution in [0.1, 0.15) is 43.6 Å². The summed E-state index contributed by atoms with van der Waals surface area (Å²) in [6.45, 7) is 6.96. The van der Waals surface area contributed by atoms with Gasteiger partial charge in [0.25, 0.3) is 5.91 Å². The Morgan fingerprint density at radius 1 is 1.42 bits per heavy atom. The van der Waals surface area contributed by atoms with Crippen molar-refractivity contribution in [2.75, 3.05) is 20.1 Å². The lowest BCUT2D eigenvalue weighted by atomic mass is 9.90. The molecule has 106 valence electrons. The third-order valence-electron chi connectivity index (χ3n) is 4.27. The van der Waals surface area contributed by atoms with Gasteiger partial charge in [0.05, 0.1) is 0 Å². The van der Waals surface area contributed by atoms with Gasteiger partial charge in [0.15, 0.2) is 0 Å². The molecule has 1 N–H and O–H groups in total. The molecule has 0 unspecified atom stereocenters. The van der Waals surface area contributed by atoms with E-state index in [-0.39, 0.29) is 11.4 Å². The number of piperidine rings is 1. The van der Waals surface area contributed by atoms with Crippen LogP contribution in [0.5, 0.6) is 0 Å². The second kappa shape index (κ2) is 5.78. The lowest BCUT2D eigenvalue weighted by Gasteiger charge is -2.39. The molecule has 0 spiro atoms. The fraction of sp³-hybridized carbons (Fsp3) is 0.667. The summed E-state index contributed by atoms with van der Waals surface area (Å²) in [6, 6.07) is 3.90. The number of nitrogens with zero attached hydrogens (tertiary/aromatic N) is 2. The van der Waals surface area contributed by atoms with E-state index in [0.29, 0.717) is 0 Å². The van der Waals surface area contributed by atoms with Crippen molar-refractivity contribution < 1.29 is 4.79 Å². The van der Waals surface area contributed by atoms with E-state index in [1.165, 1.54) is 0 Å². The summed E-state index contributed by atoms with van der Waals surface area (Å²) in [7, 11) is 2.00. The number of amides is 1. The molecule has 4 nitrogen and oxygen atoms in total. The lowest BCUT2D eigenvalue weighted by Crippen LogP contribution is -2.51. The Morgan fingerprint density at radius 2 is 2.11 bits per heavy atom. The van der Waals surface area contributed by atoms with Crippen LogP contribution in [0.3, 0.4) is 0 Å². The van der Waals surface area contributed by atoms with Crippen molar-refractivity contribution in [1.82, 2.24) is 14.8 Å². The molecule has 0 atom stereocenters. The van der Waals surface area contributed by atoms with Crippen LogP contribution in [-0.4, -0.2) is 41.1 Å². The zero-order valence-electron chi connectivity index (χ0n) is 12.3. The topological polar surface area (TPSA) is 37.3 Å². The van der Waals surface area contributed by atoms with Crippen molar-refractivity contribution in [3.8, 4) is 0 Å². The highest BCUT2D eigenvalue weighted by atomic mass is 16.2. The van der Waals surface area contributed by atoms with Gasteiger partial charge in [0.2, 0.25) is 0 Å². The quantitative estimate of drug-likeness (QED) is 0.903. The third kappa shape index (κ3) is 3.00. The van der Waals surface area contributed by atoms with Crippen LogP contribution in [0, 0.1) is 0 Å². The first kappa shape index (κ1) is 14.1. The number of nitrogens with one attached hydrogen (secondary N) is 1. The molecule has 1 aliphatic rings. The Bertz CT molecular complexity index is 430. The van der Waals surface area contributed by atoms with Crippen LogP contribution in [0.15, 0.2) is 18.3 Å². The molecule has 0 radical (unpaired) electrons. The predicted molar refractivity (Wildman–Crippen MR) is 77.3 cm³/mol. The van der Waals surface area contributed by atoms with Crippen molar-refractivity contribution in [2.45, 2.75) is 45.2 Å². The maximum absolute atomic E-state index is 12.5. The zero-order valence-corrected chi connectivity index (χ0v) is 12.3. The maximum atomic E-state index is 12.5. The molecule has 0 aromatic carbocycles. The molecule has 1 amide bonds. The Balaban J connectivity index is 2.03. The highest BCUT2D eigenvalue weighted by Crippen LogP contribution is 2.22. The summed E-state index contributed by atoms with van der Waals surface area (Å²) in [5, 5.41) is 3.36. The van der Waals surface area contributed by atoms with E-state index in [1.807, 2.05) is 30.3 Å².